The molecular weight excluding hydrogens is 180 g/mol. The van der Waals surface area contributed by atoms with Crippen LogP contribution in [0, 0.1) is 6.92 Å². The Morgan fingerprint density at radius 1 is 1.57 bits per heavy atom. The quantitative estimate of drug-likeness (QED) is 0.778. The van der Waals surface area contributed by atoms with Crippen molar-refractivity contribution in [3.05, 3.63) is 36.3 Å². The highest BCUT2D eigenvalue weighted by Gasteiger charge is 2.15. The fourth-order valence-corrected chi connectivity index (χ4v) is 1.37. The van der Waals surface area contributed by atoms with Crippen molar-refractivity contribution in [2.45, 2.75) is 13.0 Å². The van der Waals surface area contributed by atoms with Crippen LogP contribution in [0.5, 0.6) is 0 Å². The lowest BCUT2D eigenvalue weighted by Gasteiger charge is -2.11. The molecule has 0 aliphatic heterocycles. The molecule has 14 heavy (non-hydrogen) atoms. The topological polar surface area (TPSA) is 69.9 Å². The van der Waals surface area contributed by atoms with Gasteiger partial charge < -0.3 is 10.2 Å². The van der Waals surface area contributed by atoms with E-state index in [2.05, 4.69) is 10.1 Å². The molecule has 5 heteroatoms. The highest BCUT2D eigenvalue weighted by molar-refractivity contribution is 5.10. The minimum absolute atomic E-state index is 0.0637. The normalized spacial score (nSPS) is 13.0. The summed E-state index contributed by atoms with van der Waals surface area (Å²) in [6.07, 6.45) is 3.12. The Hall–Kier alpha value is -1.62. The summed E-state index contributed by atoms with van der Waals surface area (Å²) in [5, 5.41) is 4.04. The third kappa shape index (κ3) is 1.54. The number of aromatic nitrogens is 3. The van der Waals surface area contributed by atoms with Gasteiger partial charge in [0.25, 0.3) is 0 Å². The Labute approximate surface area is 81.5 Å². The van der Waals surface area contributed by atoms with Gasteiger partial charge in [-0.3, -0.25) is 0 Å². The number of aryl methyl sites for hydroxylation is 1. The van der Waals surface area contributed by atoms with Crippen molar-refractivity contribution in [2.24, 2.45) is 5.73 Å². The van der Waals surface area contributed by atoms with Crippen molar-refractivity contribution in [3.63, 3.8) is 0 Å². The minimum atomic E-state index is -0.0637. The van der Waals surface area contributed by atoms with E-state index in [1.54, 1.807) is 11.0 Å². The zero-order valence-electron chi connectivity index (χ0n) is 7.92. The molecule has 1 unspecified atom stereocenters. The summed E-state index contributed by atoms with van der Waals surface area (Å²) in [7, 11) is 0. The Bertz CT molecular complexity index is 393. The Kier molecular flexibility index (Phi) is 2.32. The average molecular weight is 192 g/mol. The first-order valence-electron chi connectivity index (χ1n) is 4.42. The molecule has 1 atom stereocenters. The third-order valence-corrected chi connectivity index (χ3v) is 2.07. The van der Waals surface area contributed by atoms with Crippen LogP contribution in [0.25, 0.3) is 0 Å². The molecule has 0 aliphatic rings. The molecule has 5 nitrogen and oxygen atoms in total. The van der Waals surface area contributed by atoms with E-state index in [0.717, 1.165) is 11.5 Å². The van der Waals surface area contributed by atoms with E-state index >= 15 is 0 Å². The van der Waals surface area contributed by atoms with E-state index in [4.69, 9.17) is 10.2 Å². The molecule has 0 spiro atoms. The molecule has 2 rings (SSSR count). The largest absolute Gasteiger partial charge is 0.464 e. The molecule has 2 aromatic rings. The zero-order chi connectivity index (χ0) is 9.97. The van der Waals surface area contributed by atoms with Crippen molar-refractivity contribution < 1.29 is 4.42 Å². The van der Waals surface area contributed by atoms with Gasteiger partial charge in [0, 0.05) is 6.54 Å². The van der Waals surface area contributed by atoms with Crippen LogP contribution in [0.15, 0.2) is 29.2 Å². The van der Waals surface area contributed by atoms with Gasteiger partial charge in [-0.15, -0.1) is 0 Å². The van der Waals surface area contributed by atoms with Gasteiger partial charge in [-0.2, -0.15) is 5.10 Å². The summed E-state index contributed by atoms with van der Waals surface area (Å²) in [5.41, 5.74) is 5.66. The lowest BCUT2D eigenvalue weighted by Crippen LogP contribution is -2.20. The SMILES string of the molecule is Cc1ccc(C(CN)n2cncn2)o1. The summed E-state index contributed by atoms with van der Waals surface area (Å²) < 4.78 is 7.18. The van der Waals surface area contributed by atoms with Gasteiger partial charge in [0.05, 0.1) is 0 Å². The minimum Gasteiger partial charge on any atom is -0.464 e. The highest BCUT2D eigenvalue weighted by atomic mass is 16.3. The number of nitrogens with zero attached hydrogens (tertiary/aromatic N) is 3. The number of furan rings is 1. The Morgan fingerprint density at radius 2 is 2.43 bits per heavy atom. The van der Waals surface area contributed by atoms with Gasteiger partial charge in [-0.25, -0.2) is 9.67 Å². The first-order valence-corrected chi connectivity index (χ1v) is 4.42. The second-order valence-corrected chi connectivity index (χ2v) is 3.08. The van der Waals surface area contributed by atoms with Crippen LogP contribution in [0.4, 0.5) is 0 Å². The van der Waals surface area contributed by atoms with Crippen LogP contribution >= 0.6 is 0 Å². The van der Waals surface area contributed by atoms with Crippen molar-refractivity contribution in [1.82, 2.24) is 14.8 Å². The molecule has 0 aliphatic carbocycles. The van der Waals surface area contributed by atoms with Crippen LogP contribution in [0.1, 0.15) is 17.6 Å². The predicted molar refractivity (Wildman–Crippen MR) is 50.7 cm³/mol. The first kappa shape index (κ1) is 8.96. The van der Waals surface area contributed by atoms with Gasteiger partial charge in [0.2, 0.25) is 0 Å². The monoisotopic (exact) mass is 192 g/mol. The van der Waals surface area contributed by atoms with Crippen LogP contribution in [0.2, 0.25) is 0 Å². The van der Waals surface area contributed by atoms with E-state index in [1.165, 1.54) is 6.33 Å². The molecule has 0 bridgehead atoms. The third-order valence-electron chi connectivity index (χ3n) is 2.07. The van der Waals surface area contributed by atoms with E-state index in [9.17, 15) is 0 Å². The summed E-state index contributed by atoms with van der Waals surface area (Å²) >= 11 is 0. The van der Waals surface area contributed by atoms with Crippen LogP contribution < -0.4 is 5.73 Å². The van der Waals surface area contributed by atoms with E-state index in [0.29, 0.717) is 6.54 Å². The number of nitrogens with two attached hydrogens (primary N) is 1. The molecule has 2 heterocycles. The van der Waals surface area contributed by atoms with Gasteiger partial charge in [-0.05, 0) is 19.1 Å². The van der Waals surface area contributed by atoms with Gasteiger partial charge >= 0.3 is 0 Å². The van der Waals surface area contributed by atoms with Crippen molar-refractivity contribution in [2.75, 3.05) is 6.54 Å². The van der Waals surface area contributed by atoms with Gasteiger partial charge in [0.15, 0.2) is 0 Å². The number of hydrogen-bond acceptors (Lipinski definition) is 4. The summed E-state index contributed by atoms with van der Waals surface area (Å²) in [4.78, 5) is 3.88. The highest BCUT2D eigenvalue weighted by Crippen LogP contribution is 2.18. The molecule has 0 amide bonds. The van der Waals surface area contributed by atoms with Crippen LogP contribution in [-0.2, 0) is 0 Å². The van der Waals surface area contributed by atoms with Crippen molar-refractivity contribution in [3.8, 4) is 0 Å². The second-order valence-electron chi connectivity index (χ2n) is 3.08. The van der Waals surface area contributed by atoms with Gasteiger partial charge in [-0.1, -0.05) is 0 Å². The standard InChI is InChI=1S/C9H12N4O/c1-7-2-3-9(14-7)8(4-10)13-6-11-5-12-13/h2-3,5-6,8H,4,10H2,1H3. The fourth-order valence-electron chi connectivity index (χ4n) is 1.37. The van der Waals surface area contributed by atoms with Crippen molar-refractivity contribution >= 4 is 0 Å². The molecule has 0 saturated carbocycles. The molecule has 2 aromatic heterocycles. The molecule has 74 valence electrons. The van der Waals surface area contributed by atoms with Crippen LogP contribution in [-0.4, -0.2) is 21.3 Å². The Balaban J connectivity index is 2.31. The maximum Gasteiger partial charge on any atom is 0.137 e. The Morgan fingerprint density at radius 3 is 2.93 bits per heavy atom. The number of hydrogen-bond donors (Lipinski definition) is 1. The predicted octanol–water partition coefficient (Wildman–Crippen LogP) is 0.728. The van der Waals surface area contributed by atoms with E-state index in [-0.39, 0.29) is 6.04 Å². The summed E-state index contributed by atoms with van der Waals surface area (Å²) in [6, 6.07) is 3.76. The molecule has 0 aromatic carbocycles. The maximum absolute atomic E-state index is 5.66. The van der Waals surface area contributed by atoms with Gasteiger partial charge in [0.1, 0.15) is 30.2 Å². The first-order chi connectivity index (χ1) is 6.81. The second kappa shape index (κ2) is 3.63. The molecule has 0 saturated heterocycles. The zero-order valence-corrected chi connectivity index (χ0v) is 7.92. The molecule has 0 radical (unpaired) electrons. The van der Waals surface area contributed by atoms with E-state index < -0.39 is 0 Å². The lowest BCUT2D eigenvalue weighted by molar-refractivity contribution is 0.398. The van der Waals surface area contributed by atoms with Crippen molar-refractivity contribution in [1.29, 1.82) is 0 Å². The molecule has 2 N–H and O–H groups in total. The average Bonchev–Trinajstić information content (AvgIpc) is 2.79. The fraction of sp³-hybridized carbons (Fsp3) is 0.333. The van der Waals surface area contributed by atoms with Crippen LogP contribution in [0.3, 0.4) is 0 Å². The summed E-state index contributed by atoms with van der Waals surface area (Å²) in [6.45, 7) is 2.34. The maximum atomic E-state index is 5.66. The molecular formula is C9H12N4O. The van der Waals surface area contributed by atoms with E-state index in [1.807, 2.05) is 19.1 Å². The number of rotatable bonds is 3. The smallest absolute Gasteiger partial charge is 0.137 e. The lowest BCUT2D eigenvalue weighted by atomic mass is 10.2. The summed E-state index contributed by atoms with van der Waals surface area (Å²) in [5.74, 6) is 1.69. The molecule has 0 fully saturated rings.